The quantitative estimate of drug-likeness (QED) is 0.750. The first-order chi connectivity index (χ1) is 7.83. The van der Waals surface area contributed by atoms with Gasteiger partial charge in [-0.2, -0.15) is 5.26 Å². The molecule has 0 saturated carbocycles. The molecule has 3 heteroatoms. The molecule has 0 unspecified atom stereocenters. The van der Waals surface area contributed by atoms with Crippen LogP contribution in [0.4, 0.5) is 5.69 Å². The summed E-state index contributed by atoms with van der Waals surface area (Å²) < 4.78 is 5.18. The van der Waals surface area contributed by atoms with Crippen molar-refractivity contribution in [3.63, 3.8) is 0 Å². The van der Waals surface area contributed by atoms with Crippen LogP contribution in [0.15, 0.2) is 24.3 Å². The zero-order chi connectivity index (χ0) is 11.0. The lowest BCUT2D eigenvalue weighted by atomic mass is 9.87. The van der Waals surface area contributed by atoms with E-state index in [2.05, 4.69) is 35.2 Å². The summed E-state index contributed by atoms with van der Waals surface area (Å²) in [5.41, 5.74) is 2.43. The largest absolute Gasteiger partial charge is 0.378 e. The summed E-state index contributed by atoms with van der Waals surface area (Å²) in [5, 5.41) is 9.19. The number of fused-ring (bicyclic) bond motifs is 1. The van der Waals surface area contributed by atoms with Gasteiger partial charge in [0.05, 0.1) is 19.3 Å². The number of rotatable bonds is 2. The zero-order valence-electron chi connectivity index (χ0n) is 9.15. The highest BCUT2D eigenvalue weighted by Gasteiger charge is 2.41. The predicted molar refractivity (Wildman–Crippen MR) is 61.2 cm³/mol. The van der Waals surface area contributed by atoms with E-state index in [1.54, 1.807) is 0 Å². The van der Waals surface area contributed by atoms with Gasteiger partial charge in [-0.05, 0) is 18.1 Å². The molecule has 0 radical (unpaired) electrons. The Hall–Kier alpha value is -1.53. The van der Waals surface area contributed by atoms with E-state index in [-0.39, 0.29) is 5.41 Å². The van der Waals surface area contributed by atoms with Crippen molar-refractivity contribution in [2.45, 2.75) is 6.42 Å². The van der Waals surface area contributed by atoms with Crippen molar-refractivity contribution in [2.75, 3.05) is 31.2 Å². The molecule has 82 valence electrons. The van der Waals surface area contributed by atoms with Crippen LogP contribution in [0.25, 0.3) is 0 Å². The van der Waals surface area contributed by atoms with Crippen molar-refractivity contribution >= 4 is 5.69 Å². The Labute approximate surface area is 95.2 Å². The highest BCUT2D eigenvalue weighted by atomic mass is 16.5. The molecule has 0 amide bonds. The first-order valence-electron chi connectivity index (χ1n) is 5.65. The Morgan fingerprint density at radius 3 is 2.88 bits per heavy atom. The van der Waals surface area contributed by atoms with Gasteiger partial charge in [0.25, 0.3) is 0 Å². The number of hydrogen-bond acceptors (Lipinski definition) is 3. The number of nitriles is 1. The van der Waals surface area contributed by atoms with Gasteiger partial charge in [-0.1, -0.05) is 18.2 Å². The van der Waals surface area contributed by atoms with Gasteiger partial charge in [-0.3, -0.25) is 0 Å². The number of anilines is 1. The van der Waals surface area contributed by atoms with Crippen molar-refractivity contribution in [3.8, 4) is 6.07 Å². The topological polar surface area (TPSA) is 36.3 Å². The lowest BCUT2D eigenvalue weighted by Gasteiger charge is -2.38. The minimum atomic E-state index is -0.266. The van der Waals surface area contributed by atoms with Gasteiger partial charge >= 0.3 is 0 Å². The second-order valence-corrected chi connectivity index (χ2v) is 4.69. The van der Waals surface area contributed by atoms with Crippen LogP contribution in [0.2, 0.25) is 0 Å². The molecule has 0 aromatic heterocycles. The standard InChI is InChI=1S/C13H14N2O/c14-7-13(9-16-10-13)8-15-6-5-11-3-1-2-4-12(11)15/h1-4H,5-6,8-10H2. The SMILES string of the molecule is N#CC1(CN2CCc3ccccc32)COC1. The maximum atomic E-state index is 9.19. The third-order valence-electron chi connectivity index (χ3n) is 3.47. The van der Waals surface area contributed by atoms with Gasteiger partial charge in [0, 0.05) is 18.8 Å². The second-order valence-electron chi connectivity index (χ2n) is 4.69. The zero-order valence-corrected chi connectivity index (χ0v) is 9.15. The summed E-state index contributed by atoms with van der Waals surface area (Å²) >= 11 is 0. The van der Waals surface area contributed by atoms with Crippen LogP contribution < -0.4 is 4.90 Å². The third kappa shape index (κ3) is 1.38. The van der Waals surface area contributed by atoms with E-state index in [0.717, 1.165) is 19.5 Å². The molecule has 1 aromatic carbocycles. The minimum absolute atomic E-state index is 0.266. The third-order valence-corrected chi connectivity index (χ3v) is 3.47. The summed E-state index contributed by atoms with van der Waals surface area (Å²) in [6, 6.07) is 10.9. The fourth-order valence-corrected chi connectivity index (χ4v) is 2.48. The van der Waals surface area contributed by atoms with Crippen LogP contribution in [0, 0.1) is 16.7 Å². The molecule has 2 heterocycles. The van der Waals surface area contributed by atoms with Gasteiger partial charge in [0.1, 0.15) is 5.41 Å². The molecule has 0 bridgehead atoms. The molecule has 3 rings (SSSR count). The van der Waals surface area contributed by atoms with Gasteiger partial charge in [0.15, 0.2) is 0 Å². The second kappa shape index (κ2) is 3.50. The van der Waals surface area contributed by atoms with Crippen LogP contribution >= 0.6 is 0 Å². The Morgan fingerprint density at radius 2 is 2.19 bits per heavy atom. The summed E-state index contributed by atoms with van der Waals surface area (Å²) in [6.07, 6.45) is 1.10. The van der Waals surface area contributed by atoms with Crippen LogP contribution in [0.1, 0.15) is 5.56 Å². The van der Waals surface area contributed by atoms with E-state index < -0.39 is 0 Å². The first-order valence-corrected chi connectivity index (χ1v) is 5.65. The minimum Gasteiger partial charge on any atom is -0.378 e. The first kappa shape index (κ1) is 9.68. The van der Waals surface area contributed by atoms with Crippen LogP contribution in [0.5, 0.6) is 0 Å². The number of benzene rings is 1. The van der Waals surface area contributed by atoms with Crippen LogP contribution in [-0.4, -0.2) is 26.3 Å². The molecular weight excluding hydrogens is 200 g/mol. The van der Waals surface area contributed by atoms with E-state index in [4.69, 9.17) is 4.74 Å². The molecule has 0 aliphatic carbocycles. The van der Waals surface area contributed by atoms with Crippen LogP contribution in [-0.2, 0) is 11.2 Å². The van der Waals surface area contributed by atoms with E-state index in [1.807, 2.05) is 0 Å². The monoisotopic (exact) mass is 214 g/mol. The lowest BCUT2D eigenvalue weighted by molar-refractivity contribution is -0.0719. The van der Waals surface area contributed by atoms with Crippen molar-refractivity contribution in [1.82, 2.24) is 0 Å². The summed E-state index contributed by atoms with van der Waals surface area (Å²) in [7, 11) is 0. The van der Waals surface area contributed by atoms with Gasteiger partial charge in [-0.15, -0.1) is 0 Å². The van der Waals surface area contributed by atoms with Crippen molar-refractivity contribution in [2.24, 2.45) is 5.41 Å². The maximum Gasteiger partial charge on any atom is 0.121 e. The highest BCUT2D eigenvalue weighted by molar-refractivity contribution is 5.58. The summed E-state index contributed by atoms with van der Waals surface area (Å²) in [6.45, 7) is 3.01. The molecule has 2 aliphatic rings. The smallest absolute Gasteiger partial charge is 0.121 e. The van der Waals surface area contributed by atoms with Crippen molar-refractivity contribution in [3.05, 3.63) is 29.8 Å². The predicted octanol–water partition coefficient (Wildman–Crippen LogP) is 1.59. The van der Waals surface area contributed by atoms with Crippen molar-refractivity contribution < 1.29 is 4.74 Å². The van der Waals surface area contributed by atoms with E-state index in [0.29, 0.717) is 13.2 Å². The average Bonchev–Trinajstić information content (AvgIpc) is 2.67. The fourth-order valence-electron chi connectivity index (χ4n) is 2.48. The Morgan fingerprint density at radius 1 is 1.38 bits per heavy atom. The molecule has 0 atom stereocenters. The fraction of sp³-hybridized carbons (Fsp3) is 0.462. The lowest BCUT2D eigenvalue weighted by Crippen LogP contribution is -2.49. The van der Waals surface area contributed by atoms with Crippen molar-refractivity contribution in [1.29, 1.82) is 5.26 Å². The number of hydrogen-bond donors (Lipinski definition) is 0. The molecule has 0 N–H and O–H groups in total. The molecule has 2 aliphatic heterocycles. The van der Waals surface area contributed by atoms with E-state index in [9.17, 15) is 5.26 Å². The Kier molecular flexibility index (Phi) is 2.12. The molecule has 1 aromatic rings. The molecule has 16 heavy (non-hydrogen) atoms. The molecule has 3 nitrogen and oxygen atoms in total. The molecule has 1 fully saturated rings. The average molecular weight is 214 g/mol. The van der Waals surface area contributed by atoms with E-state index >= 15 is 0 Å². The normalized spacial score (nSPS) is 21.1. The molecule has 1 saturated heterocycles. The Bertz CT molecular complexity index is 445. The number of para-hydroxylation sites is 1. The molecule has 0 spiro atoms. The Balaban J connectivity index is 1.81. The van der Waals surface area contributed by atoms with E-state index in [1.165, 1.54) is 11.3 Å². The summed E-state index contributed by atoms with van der Waals surface area (Å²) in [5.74, 6) is 0. The number of nitrogens with zero attached hydrogens (tertiary/aromatic N) is 2. The van der Waals surface area contributed by atoms with Gasteiger partial charge in [0.2, 0.25) is 0 Å². The number of ether oxygens (including phenoxy) is 1. The molecular formula is C13H14N2O. The van der Waals surface area contributed by atoms with Gasteiger partial charge < -0.3 is 9.64 Å². The maximum absolute atomic E-state index is 9.19. The highest BCUT2D eigenvalue weighted by Crippen LogP contribution is 2.34. The summed E-state index contributed by atoms with van der Waals surface area (Å²) in [4.78, 5) is 2.32. The van der Waals surface area contributed by atoms with Gasteiger partial charge in [-0.25, -0.2) is 0 Å². The van der Waals surface area contributed by atoms with Crippen LogP contribution in [0.3, 0.4) is 0 Å².